The molecule has 2 N–H and O–H groups in total. The summed E-state index contributed by atoms with van der Waals surface area (Å²) >= 11 is 0. The Morgan fingerprint density at radius 3 is 2.81 bits per heavy atom. The number of amides is 1. The van der Waals surface area contributed by atoms with Gasteiger partial charge in [0, 0.05) is 18.3 Å². The number of ether oxygens (including phenoxy) is 1. The lowest BCUT2D eigenvalue weighted by molar-refractivity contribution is 0.0299. The molecule has 1 aromatic heterocycles. The number of carboxylic acids is 1. The van der Waals surface area contributed by atoms with Gasteiger partial charge in [0.05, 0.1) is 12.7 Å². The molecule has 1 aliphatic rings. The first kappa shape index (κ1) is 15.4. The van der Waals surface area contributed by atoms with E-state index in [4.69, 9.17) is 9.84 Å². The summed E-state index contributed by atoms with van der Waals surface area (Å²) in [7, 11) is 0. The lowest BCUT2D eigenvalue weighted by atomic mass is 9.98. The third-order valence-electron chi connectivity index (χ3n) is 3.53. The highest BCUT2D eigenvalue weighted by atomic mass is 16.5. The smallest absolute Gasteiger partial charge is 0.354 e. The fraction of sp³-hybridized carbons (Fsp3) is 0.533. The van der Waals surface area contributed by atoms with Gasteiger partial charge in [-0.1, -0.05) is 19.3 Å². The quantitative estimate of drug-likeness (QED) is 0.781. The monoisotopic (exact) mass is 292 g/mol. The second kappa shape index (κ2) is 7.73. The fourth-order valence-corrected chi connectivity index (χ4v) is 2.41. The standard InChI is InChI=1S/C15H20N2O4/c18-14(11-6-7-16-13(10-11)15(19)20)17-8-9-21-12-4-2-1-3-5-12/h6-7,10,12H,1-5,8-9H2,(H,17,18)(H,19,20). The first-order chi connectivity index (χ1) is 10.2. The lowest BCUT2D eigenvalue weighted by Crippen LogP contribution is -2.29. The predicted molar refractivity (Wildman–Crippen MR) is 76.4 cm³/mol. The van der Waals surface area contributed by atoms with Gasteiger partial charge in [0.1, 0.15) is 5.69 Å². The zero-order valence-corrected chi connectivity index (χ0v) is 11.9. The molecule has 0 aliphatic heterocycles. The topological polar surface area (TPSA) is 88.5 Å². The summed E-state index contributed by atoms with van der Waals surface area (Å²) in [5.41, 5.74) is 0.154. The van der Waals surface area contributed by atoms with E-state index in [2.05, 4.69) is 10.3 Å². The Kier molecular flexibility index (Phi) is 5.68. The van der Waals surface area contributed by atoms with E-state index in [1.165, 1.54) is 37.6 Å². The minimum absolute atomic E-state index is 0.138. The van der Waals surface area contributed by atoms with Crippen molar-refractivity contribution >= 4 is 11.9 Å². The molecule has 1 aliphatic carbocycles. The Hall–Kier alpha value is -1.95. The summed E-state index contributed by atoms with van der Waals surface area (Å²) < 4.78 is 5.71. The molecule has 21 heavy (non-hydrogen) atoms. The molecule has 0 unspecified atom stereocenters. The van der Waals surface area contributed by atoms with E-state index >= 15 is 0 Å². The van der Waals surface area contributed by atoms with E-state index in [0.29, 0.717) is 24.8 Å². The lowest BCUT2D eigenvalue weighted by Gasteiger charge is -2.21. The Morgan fingerprint density at radius 1 is 1.33 bits per heavy atom. The van der Waals surface area contributed by atoms with E-state index in [1.807, 2.05) is 0 Å². The number of rotatable bonds is 6. The number of hydrogen-bond donors (Lipinski definition) is 2. The zero-order valence-electron chi connectivity index (χ0n) is 11.9. The molecule has 1 amide bonds. The average Bonchev–Trinajstić information content (AvgIpc) is 2.52. The van der Waals surface area contributed by atoms with Crippen LogP contribution in [0, 0.1) is 0 Å². The molecular formula is C15H20N2O4. The van der Waals surface area contributed by atoms with Gasteiger partial charge < -0.3 is 15.2 Å². The van der Waals surface area contributed by atoms with Crippen LogP contribution in [0.4, 0.5) is 0 Å². The number of hydrogen-bond acceptors (Lipinski definition) is 4. The highest BCUT2D eigenvalue weighted by Crippen LogP contribution is 2.19. The average molecular weight is 292 g/mol. The maximum atomic E-state index is 11.9. The molecule has 114 valence electrons. The number of pyridine rings is 1. The Morgan fingerprint density at radius 2 is 2.10 bits per heavy atom. The number of carboxylic acid groups (broad SMARTS) is 1. The van der Waals surface area contributed by atoms with Gasteiger partial charge in [-0.3, -0.25) is 4.79 Å². The first-order valence-corrected chi connectivity index (χ1v) is 7.26. The molecule has 1 saturated carbocycles. The minimum Gasteiger partial charge on any atom is -0.477 e. The maximum absolute atomic E-state index is 11.9. The Labute approximate surface area is 123 Å². The highest BCUT2D eigenvalue weighted by molar-refractivity contribution is 5.96. The van der Waals surface area contributed by atoms with Crippen molar-refractivity contribution in [2.45, 2.75) is 38.2 Å². The van der Waals surface area contributed by atoms with Gasteiger partial charge in [-0.2, -0.15) is 0 Å². The molecule has 0 aromatic carbocycles. The van der Waals surface area contributed by atoms with Crippen molar-refractivity contribution in [3.05, 3.63) is 29.6 Å². The van der Waals surface area contributed by atoms with Crippen LogP contribution in [0.3, 0.4) is 0 Å². The predicted octanol–water partition coefficient (Wildman–Crippen LogP) is 1.86. The van der Waals surface area contributed by atoms with Crippen molar-refractivity contribution in [2.24, 2.45) is 0 Å². The van der Waals surface area contributed by atoms with Crippen molar-refractivity contribution in [2.75, 3.05) is 13.2 Å². The molecule has 6 nitrogen and oxygen atoms in total. The summed E-state index contributed by atoms with van der Waals surface area (Å²) in [5, 5.41) is 11.6. The molecule has 1 fully saturated rings. The van der Waals surface area contributed by atoms with E-state index in [0.717, 1.165) is 12.8 Å². The number of nitrogens with one attached hydrogen (secondary N) is 1. The number of carbonyl (C=O) groups excluding carboxylic acids is 1. The van der Waals surface area contributed by atoms with Crippen molar-refractivity contribution in [1.82, 2.24) is 10.3 Å². The third-order valence-corrected chi connectivity index (χ3v) is 3.53. The third kappa shape index (κ3) is 4.82. The molecule has 2 rings (SSSR count). The normalized spacial score (nSPS) is 15.6. The number of aromatic carboxylic acids is 1. The van der Waals surface area contributed by atoms with E-state index < -0.39 is 5.97 Å². The van der Waals surface area contributed by atoms with Crippen LogP contribution in [0.15, 0.2) is 18.3 Å². The second-order valence-corrected chi connectivity index (χ2v) is 5.12. The van der Waals surface area contributed by atoms with Gasteiger partial charge in [-0.15, -0.1) is 0 Å². The summed E-state index contributed by atoms with van der Waals surface area (Å²) in [6.45, 7) is 0.896. The van der Waals surface area contributed by atoms with Crippen LogP contribution < -0.4 is 5.32 Å². The van der Waals surface area contributed by atoms with Crippen LogP contribution in [-0.2, 0) is 4.74 Å². The summed E-state index contributed by atoms with van der Waals surface area (Å²) in [6.07, 6.45) is 7.54. The molecule has 0 radical (unpaired) electrons. The minimum atomic E-state index is -1.15. The summed E-state index contributed by atoms with van der Waals surface area (Å²) in [6, 6.07) is 2.75. The van der Waals surface area contributed by atoms with Crippen molar-refractivity contribution in [3.8, 4) is 0 Å². The van der Waals surface area contributed by atoms with Crippen molar-refractivity contribution in [3.63, 3.8) is 0 Å². The molecule has 0 spiro atoms. The number of nitrogens with zero attached hydrogens (tertiary/aromatic N) is 1. The summed E-state index contributed by atoms with van der Waals surface area (Å²) in [5.74, 6) is -1.46. The molecule has 6 heteroatoms. The number of carbonyl (C=O) groups is 2. The maximum Gasteiger partial charge on any atom is 0.354 e. The SMILES string of the molecule is O=C(NCCOC1CCCCC1)c1ccnc(C(=O)O)c1. The van der Waals surface area contributed by atoms with Crippen LogP contribution in [0.5, 0.6) is 0 Å². The Bertz CT molecular complexity index is 498. The van der Waals surface area contributed by atoms with Gasteiger partial charge in [-0.05, 0) is 25.0 Å². The van der Waals surface area contributed by atoms with Crippen LogP contribution >= 0.6 is 0 Å². The van der Waals surface area contributed by atoms with Gasteiger partial charge >= 0.3 is 5.97 Å². The van der Waals surface area contributed by atoms with Gasteiger partial charge in [-0.25, -0.2) is 9.78 Å². The van der Waals surface area contributed by atoms with E-state index in [9.17, 15) is 9.59 Å². The van der Waals surface area contributed by atoms with Crippen molar-refractivity contribution in [1.29, 1.82) is 0 Å². The van der Waals surface area contributed by atoms with Gasteiger partial charge in [0.2, 0.25) is 0 Å². The second-order valence-electron chi connectivity index (χ2n) is 5.12. The van der Waals surface area contributed by atoms with Gasteiger partial charge in [0.25, 0.3) is 5.91 Å². The molecule has 0 atom stereocenters. The highest BCUT2D eigenvalue weighted by Gasteiger charge is 2.14. The Balaban J connectivity index is 1.74. The van der Waals surface area contributed by atoms with Crippen molar-refractivity contribution < 1.29 is 19.4 Å². The first-order valence-electron chi connectivity index (χ1n) is 7.26. The largest absolute Gasteiger partial charge is 0.477 e. The molecular weight excluding hydrogens is 272 g/mol. The summed E-state index contributed by atoms with van der Waals surface area (Å²) in [4.78, 5) is 26.4. The fourth-order valence-electron chi connectivity index (χ4n) is 2.41. The van der Waals surface area contributed by atoms with Gasteiger partial charge in [0.15, 0.2) is 0 Å². The van der Waals surface area contributed by atoms with Crippen LogP contribution in [0.25, 0.3) is 0 Å². The van der Waals surface area contributed by atoms with E-state index in [1.54, 1.807) is 0 Å². The molecule has 0 bridgehead atoms. The molecule has 1 heterocycles. The number of aromatic nitrogens is 1. The van der Waals surface area contributed by atoms with E-state index in [-0.39, 0.29) is 11.6 Å². The van der Waals surface area contributed by atoms with Crippen LogP contribution in [-0.4, -0.2) is 41.2 Å². The molecule has 0 saturated heterocycles. The zero-order chi connectivity index (χ0) is 15.1. The molecule has 1 aromatic rings. The van der Waals surface area contributed by atoms with Crippen LogP contribution in [0.2, 0.25) is 0 Å². The van der Waals surface area contributed by atoms with Crippen LogP contribution in [0.1, 0.15) is 53.0 Å².